The van der Waals surface area contributed by atoms with Crippen LogP contribution in [0.1, 0.15) is 161 Å². The van der Waals surface area contributed by atoms with Crippen LogP contribution in [-0.2, 0) is 0 Å². The fourth-order valence-electron chi connectivity index (χ4n) is 6.03. The minimum Gasteiger partial charge on any atom is -0.297 e. The van der Waals surface area contributed by atoms with Gasteiger partial charge in [-0.15, -0.1) is 0 Å². The first-order valence-electron chi connectivity index (χ1n) is 14.8. The predicted octanol–water partition coefficient (Wildman–Crippen LogP) is 9.99. The third kappa shape index (κ3) is 13.1. The minimum atomic E-state index is 0.931. The van der Waals surface area contributed by atoms with Crippen LogP contribution in [-0.4, -0.2) is 23.5 Å². The highest BCUT2D eigenvalue weighted by Gasteiger charge is 2.28. The summed E-state index contributed by atoms with van der Waals surface area (Å²) >= 11 is 0. The molecule has 0 radical (unpaired) electrons. The number of allylic oxidation sites excluding steroid dienone is 2. The van der Waals surface area contributed by atoms with E-state index in [1.807, 2.05) is 0 Å². The molecule has 31 heavy (non-hydrogen) atoms. The molecule has 1 nitrogen and oxygen atoms in total. The number of unbranched alkanes of at least 4 members (excludes halogenated alkanes) is 12. The molecule has 0 aliphatic heterocycles. The second-order valence-corrected chi connectivity index (χ2v) is 10.8. The number of hydrogen-bond acceptors (Lipinski definition) is 1. The largest absolute Gasteiger partial charge is 0.297 e. The molecule has 0 N–H and O–H groups in total. The minimum absolute atomic E-state index is 0.931. The molecule has 2 saturated carbocycles. The second-order valence-electron chi connectivity index (χ2n) is 10.8. The Morgan fingerprint density at radius 3 is 1.42 bits per heavy atom. The van der Waals surface area contributed by atoms with Crippen LogP contribution in [0.4, 0.5) is 0 Å². The van der Waals surface area contributed by atoms with Gasteiger partial charge in [-0.1, -0.05) is 115 Å². The van der Waals surface area contributed by atoms with Crippen molar-refractivity contribution in [3.8, 4) is 0 Å². The number of hydrogen-bond donors (Lipinski definition) is 0. The Balaban J connectivity index is 1.44. The molecule has 0 bridgehead atoms. The lowest BCUT2D eigenvalue weighted by molar-refractivity contribution is 0.0788. The molecule has 0 saturated heterocycles. The van der Waals surface area contributed by atoms with E-state index < -0.39 is 0 Å². The molecule has 0 atom stereocenters. The van der Waals surface area contributed by atoms with E-state index in [1.165, 1.54) is 161 Å². The maximum absolute atomic E-state index is 3.01. The lowest BCUT2D eigenvalue weighted by Crippen LogP contribution is -2.45. The predicted molar refractivity (Wildman–Crippen MR) is 140 cm³/mol. The molecule has 0 heterocycles. The van der Waals surface area contributed by atoms with Gasteiger partial charge in [0.25, 0.3) is 0 Å². The van der Waals surface area contributed by atoms with Crippen molar-refractivity contribution in [1.82, 2.24) is 4.90 Å². The Bertz CT molecular complexity index is 385. The zero-order chi connectivity index (χ0) is 21.8. The smallest absolute Gasteiger partial charge is 0.00981 e. The summed E-state index contributed by atoms with van der Waals surface area (Å²) in [4.78, 5) is 3.01. The van der Waals surface area contributed by atoms with Crippen LogP contribution in [0, 0.1) is 0 Å². The van der Waals surface area contributed by atoms with Crippen molar-refractivity contribution in [3.05, 3.63) is 12.2 Å². The van der Waals surface area contributed by atoms with Crippen molar-refractivity contribution in [2.45, 2.75) is 173 Å². The van der Waals surface area contributed by atoms with E-state index in [0.717, 1.165) is 12.1 Å². The summed E-state index contributed by atoms with van der Waals surface area (Å²) in [6.45, 7) is 3.70. The van der Waals surface area contributed by atoms with Crippen molar-refractivity contribution in [2.24, 2.45) is 0 Å². The molecule has 0 aromatic rings. The van der Waals surface area contributed by atoms with Crippen LogP contribution in [0.5, 0.6) is 0 Å². The van der Waals surface area contributed by atoms with Gasteiger partial charge in [0.2, 0.25) is 0 Å². The summed E-state index contributed by atoms with van der Waals surface area (Å²) < 4.78 is 0. The highest BCUT2D eigenvalue weighted by molar-refractivity contribution is 4.84. The molecule has 2 aliphatic rings. The van der Waals surface area contributed by atoms with Gasteiger partial charge < -0.3 is 0 Å². The molecule has 2 rings (SSSR count). The Labute approximate surface area is 196 Å². The van der Waals surface area contributed by atoms with Crippen LogP contribution < -0.4 is 0 Å². The highest BCUT2D eigenvalue weighted by Crippen LogP contribution is 2.30. The fourth-order valence-corrected chi connectivity index (χ4v) is 6.03. The molecule has 0 spiro atoms. The summed E-state index contributed by atoms with van der Waals surface area (Å²) in [6.07, 6.45) is 39.6. The van der Waals surface area contributed by atoms with Crippen LogP contribution in [0.2, 0.25) is 0 Å². The first-order chi connectivity index (χ1) is 15.4. The first kappa shape index (κ1) is 26.9. The van der Waals surface area contributed by atoms with E-state index in [2.05, 4.69) is 24.0 Å². The molecular weight excluding hydrogens is 374 g/mol. The summed E-state index contributed by atoms with van der Waals surface area (Å²) in [5, 5.41) is 0. The molecule has 0 aromatic carbocycles. The van der Waals surface area contributed by atoms with E-state index in [0.29, 0.717) is 0 Å². The van der Waals surface area contributed by atoms with Crippen molar-refractivity contribution in [3.63, 3.8) is 0 Å². The quantitative estimate of drug-likeness (QED) is 0.154. The van der Waals surface area contributed by atoms with Crippen LogP contribution in [0.3, 0.4) is 0 Å². The summed E-state index contributed by atoms with van der Waals surface area (Å²) in [7, 11) is 0. The van der Waals surface area contributed by atoms with Gasteiger partial charge in [-0.05, 0) is 64.3 Å². The first-order valence-corrected chi connectivity index (χ1v) is 14.8. The Hall–Kier alpha value is -0.300. The average Bonchev–Trinajstić information content (AvgIpc) is 2.82. The van der Waals surface area contributed by atoms with Gasteiger partial charge in [0.15, 0.2) is 0 Å². The Kier molecular flexibility index (Phi) is 16.7. The van der Waals surface area contributed by atoms with Crippen molar-refractivity contribution >= 4 is 0 Å². The summed E-state index contributed by atoms with van der Waals surface area (Å²) in [5.41, 5.74) is 0. The monoisotopic (exact) mass is 431 g/mol. The topological polar surface area (TPSA) is 3.24 Å². The van der Waals surface area contributed by atoms with Crippen LogP contribution >= 0.6 is 0 Å². The SMILES string of the molecule is CCCCCCCC/C=C\CCCCCCCCN(C1CCCCC1)C1CCCCC1. The Morgan fingerprint density at radius 2 is 0.935 bits per heavy atom. The maximum atomic E-state index is 3.01. The molecule has 0 amide bonds. The molecule has 2 aliphatic carbocycles. The van der Waals surface area contributed by atoms with Crippen LogP contribution in [0.25, 0.3) is 0 Å². The van der Waals surface area contributed by atoms with E-state index in [4.69, 9.17) is 0 Å². The van der Waals surface area contributed by atoms with Gasteiger partial charge in [0, 0.05) is 12.1 Å². The average molecular weight is 432 g/mol. The third-order valence-corrected chi connectivity index (χ3v) is 8.02. The summed E-state index contributed by atoms with van der Waals surface area (Å²) in [6, 6.07) is 1.86. The van der Waals surface area contributed by atoms with Crippen LogP contribution in [0.15, 0.2) is 12.2 Å². The van der Waals surface area contributed by atoms with E-state index in [-0.39, 0.29) is 0 Å². The van der Waals surface area contributed by atoms with Gasteiger partial charge in [-0.2, -0.15) is 0 Å². The standard InChI is InChI=1S/C30H57N/c1-2-3-4-5-6-7-8-9-10-11-12-13-14-15-16-23-28-31(29-24-19-17-20-25-29)30-26-21-18-22-27-30/h9-10,29-30H,2-8,11-28H2,1H3/b10-9-. The molecule has 182 valence electrons. The van der Waals surface area contributed by atoms with E-state index in [9.17, 15) is 0 Å². The van der Waals surface area contributed by atoms with Gasteiger partial charge in [0.1, 0.15) is 0 Å². The zero-order valence-corrected chi connectivity index (χ0v) is 21.4. The molecule has 0 unspecified atom stereocenters. The molecule has 2 fully saturated rings. The molecular formula is C30H57N. The number of rotatable bonds is 18. The lowest BCUT2D eigenvalue weighted by Gasteiger charge is -2.41. The second kappa shape index (κ2) is 19.2. The lowest BCUT2D eigenvalue weighted by atomic mass is 9.88. The molecule has 1 heteroatoms. The van der Waals surface area contributed by atoms with Crippen molar-refractivity contribution < 1.29 is 0 Å². The number of nitrogens with zero attached hydrogens (tertiary/aromatic N) is 1. The summed E-state index contributed by atoms with van der Waals surface area (Å²) in [5.74, 6) is 0. The zero-order valence-electron chi connectivity index (χ0n) is 21.4. The van der Waals surface area contributed by atoms with Gasteiger partial charge >= 0.3 is 0 Å². The molecule has 0 aromatic heterocycles. The Morgan fingerprint density at radius 1 is 0.516 bits per heavy atom. The fraction of sp³-hybridized carbons (Fsp3) is 0.933. The van der Waals surface area contributed by atoms with Gasteiger partial charge in [0.05, 0.1) is 0 Å². The normalized spacial score (nSPS) is 19.0. The maximum Gasteiger partial charge on any atom is 0.00981 e. The van der Waals surface area contributed by atoms with E-state index in [1.54, 1.807) is 0 Å². The third-order valence-electron chi connectivity index (χ3n) is 8.02. The van der Waals surface area contributed by atoms with Crippen molar-refractivity contribution in [1.29, 1.82) is 0 Å². The van der Waals surface area contributed by atoms with E-state index >= 15 is 0 Å². The highest BCUT2D eigenvalue weighted by atomic mass is 15.2. The van der Waals surface area contributed by atoms with Gasteiger partial charge in [-0.25, -0.2) is 0 Å². The van der Waals surface area contributed by atoms with Gasteiger partial charge in [-0.3, -0.25) is 4.90 Å². The van der Waals surface area contributed by atoms with Crippen molar-refractivity contribution in [2.75, 3.05) is 6.54 Å².